The van der Waals surface area contributed by atoms with Gasteiger partial charge in [0.05, 0.1) is 0 Å². The summed E-state index contributed by atoms with van der Waals surface area (Å²) in [7, 11) is 0. The number of rotatable bonds is 6. The maximum Gasteiger partial charge on any atom is 0.295 e. The second-order valence-corrected chi connectivity index (χ2v) is 6.28. The molecule has 8 heteroatoms. The predicted molar refractivity (Wildman–Crippen MR) is 105 cm³/mol. The van der Waals surface area contributed by atoms with Gasteiger partial charge < -0.3 is 15.9 Å². The number of hydrogen-bond acceptors (Lipinski definition) is 4. The van der Waals surface area contributed by atoms with Gasteiger partial charge in [-0.2, -0.15) is 4.73 Å². The average molecular weight is 398 g/mol. The Morgan fingerprint density at radius 2 is 1.71 bits per heavy atom. The second-order valence-electron chi connectivity index (χ2n) is 5.85. The Morgan fingerprint density at radius 3 is 2.36 bits per heavy atom. The molecule has 0 atom stereocenters. The van der Waals surface area contributed by atoms with Crippen molar-refractivity contribution in [3.8, 4) is 0 Å². The molecule has 0 aliphatic rings. The van der Waals surface area contributed by atoms with E-state index in [2.05, 4.69) is 5.32 Å². The number of carbonyl (C=O) groups excluding carboxylic acids is 2. The number of pyridine rings is 1. The number of nitrogens with zero attached hydrogens (tertiary/aromatic N) is 1. The molecule has 28 heavy (non-hydrogen) atoms. The highest BCUT2D eigenvalue weighted by molar-refractivity contribution is 6.30. The Balaban J connectivity index is 1.72. The van der Waals surface area contributed by atoms with Gasteiger partial charge in [0.25, 0.3) is 11.5 Å². The number of benzene rings is 2. The highest BCUT2D eigenvalue weighted by atomic mass is 35.5. The molecule has 0 aliphatic heterocycles. The number of primary amides is 1. The van der Waals surface area contributed by atoms with Crippen LogP contribution in [0, 0.1) is 0 Å². The van der Waals surface area contributed by atoms with Crippen molar-refractivity contribution in [2.75, 3.05) is 5.32 Å². The minimum Gasteiger partial charge on any atom is -0.406 e. The van der Waals surface area contributed by atoms with Crippen molar-refractivity contribution in [3.63, 3.8) is 0 Å². The third-order valence-corrected chi connectivity index (χ3v) is 4.12. The van der Waals surface area contributed by atoms with Crippen molar-refractivity contribution in [3.05, 3.63) is 98.9 Å². The van der Waals surface area contributed by atoms with E-state index in [0.29, 0.717) is 16.3 Å². The molecule has 1 heterocycles. The zero-order valence-electron chi connectivity index (χ0n) is 14.6. The summed E-state index contributed by atoms with van der Waals surface area (Å²) < 4.78 is 1.000. The van der Waals surface area contributed by atoms with Gasteiger partial charge in [0.2, 0.25) is 5.91 Å². The lowest BCUT2D eigenvalue weighted by Crippen LogP contribution is -2.32. The smallest absolute Gasteiger partial charge is 0.295 e. The van der Waals surface area contributed by atoms with E-state index in [1.165, 1.54) is 42.6 Å². The molecule has 0 saturated carbocycles. The third-order valence-electron chi connectivity index (χ3n) is 3.87. The van der Waals surface area contributed by atoms with Crippen LogP contribution in [0.15, 0.2) is 71.7 Å². The van der Waals surface area contributed by atoms with Gasteiger partial charge in [0.15, 0.2) is 0 Å². The average Bonchev–Trinajstić information content (AvgIpc) is 2.69. The zero-order chi connectivity index (χ0) is 20.1. The maximum absolute atomic E-state index is 12.5. The van der Waals surface area contributed by atoms with Gasteiger partial charge in [-0.05, 0) is 54.1 Å². The number of aromatic nitrogens is 1. The van der Waals surface area contributed by atoms with Crippen molar-refractivity contribution in [1.29, 1.82) is 0 Å². The summed E-state index contributed by atoms with van der Waals surface area (Å²) in [5.74, 6) is -1.16. The van der Waals surface area contributed by atoms with E-state index in [1.807, 2.05) is 0 Å². The molecule has 0 unspecified atom stereocenters. The number of amides is 2. The SMILES string of the molecule is NC(=O)c1ccc(NC(=O)c2cccn(OCc3ccc(Cl)cc3)c2=O)cc1. The monoisotopic (exact) mass is 397 g/mol. The third kappa shape index (κ3) is 4.57. The van der Waals surface area contributed by atoms with Crippen LogP contribution < -0.4 is 21.4 Å². The molecule has 7 nitrogen and oxygen atoms in total. The summed E-state index contributed by atoms with van der Waals surface area (Å²) >= 11 is 5.84. The highest BCUT2D eigenvalue weighted by Gasteiger charge is 2.13. The lowest BCUT2D eigenvalue weighted by Gasteiger charge is -2.10. The fourth-order valence-electron chi connectivity index (χ4n) is 2.39. The fourth-order valence-corrected chi connectivity index (χ4v) is 2.52. The minimum atomic E-state index is -0.596. The lowest BCUT2D eigenvalue weighted by atomic mass is 10.2. The molecule has 142 valence electrons. The Labute approximate surface area is 165 Å². The van der Waals surface area contributed by atoms with Crippen LogP contribution in [0.1, 0.15) is 26.3 Å². The lowest BCUT2D eigenvalue weighted by molar-refractivity contribution is 0.0863. The van der Waals surface area contributed by atoms with Crippen LogP contribution >= 0.6 is 11.6 Å². The van der Waals surface area contributed by atoms with Crippen molar-refractivity contribution >= 4 is 29.1 Å². The summed E-state index contributed by atoms with van der Waals surface area (Å²) in [5, 5.41) is 3.20. The first-order chi connectivity index (χ1) is 13.4. The first kappa shape index (κ1) is 19.2. The number of nitrogens with one attached hydrogen (secondary N) is 1. The van der Waals surface area contributed by atoms with E-state index >= 15 is 0 Å². The molecule has 2 amide bonds. The fraction of sp³-hybridized carbons (Fsp3) is 0.0500. The van der Waals surface area contributed by atoms with Gasteiger partial charge in [0, 0.05) is 22.5 Å². The van der Waals surface area contributed by atoms with E-state index in [9.17, 15) is 14.4 Å². The molecule has 3 rings (SSSR count). The number of anilines is 1. The number of hydrogen-bond donors (Lipinski definition) is 2. The summed E-state index contributed by atoms with van der Waals surface area (Å²) in [4.78, 5) is 41.5. The van der Waals surface area contributed by atoms with E-state index in [0.717, 1.165) is 10.3 Å². The van der Waals surface area contributed by atoms with Gasteiger partial charge in [0.1, 0.15) is 12.2 Å². The van der Waals surface area contributed by atoms with Crippen LogP contribution in [-0.2, 0) is 6.61 Å². The molecule has 0 spiro atoms. The van der Waals surface area contributed by atoms with Crippen LogP contribution in [0.3, 0.4) is 0 Å². The summed E-state index contributed by atoms with van der Waals surface area (Å²) in [5.41, 5.74) is 6.06. The summed E-state index contributed by atoms with van der Waals surface area (Å²) in [6.45, 7) is 0.136. The Hall–Kier alpha value is -3.58. The van der Waals surface area contributed by atoms with Gasteiger partial charge in [-0.1, -0.05) is 23.7 Å². The Kier molecular flexibility index (Phi) is 5.76. The highest BCUT2D eigenvalue weighted by Crippen LogP contribution is 2.11. The number of halogens is 1. The van der Waals surface area contributed by atoms with E-state index in [-0.39, 0.29) is 12.2 Å². The van der Waals surface area contributed by atoms with Gasteiger partial charge in [-0.25, -0.2) is 0 Å². The van der Waals surface area contributed by atoms with Crippen molar-refractivity contribution in [1.82, 2.24) is 4.73 Å². The van der Waals surface area contributed by atoms with Gasteiger partial charge >= 0.3 is 0 Å². The first-order valence-electron chi connectivity index (χ1n) is 8.24. The largest absolute Gasteiger partial charge is 0.406 e. The number of nitrogens with two attached hydrogens (primary N) is 1. The molecule has 2 aromatic carbocycles. The molecule has 3 aromatic rings. The Morgan fingerprint density at radius 1 is 1.04 bits per heavy atom. The molecule has 0 saturated heterocycles. The van der Waals surface area contributed by atoms with Crippen molar-refractivity contribution in [2.45, 2.75) is 6.61 Å². The molecular formula is C20H16ClN3O4. The van der Waals surface area contributed by atoms with Gasteiger partial charge in [-0.3, -0.25) is 14.4 Å². The normalized spacial score (nSPS) is 10.3. The van der Waals surface area contributed by atoms with Crippen molar-refractivity contribution in [2.24, 2.45) is 5.73 Å². The van der Waals surface area contributed by atoms with Crippen LogP contribution in [-0.4, -0.2) is 16.5 Å². The maximum atomic E-state index is 12.5. The summed E-state index contributed by atoms with van der Waals surface area (Å²) in [6, 6.07) is 15.9. The predicted octanol–water partition coefficient (Wildman–Crippen LogP) is 2.48. The molecule has 1 aromatic heterocycles. The first-order valence-corrected chi connectivity index (χ1v) is 8.62. The van der Waals surface area contributed by atoms with Crippen LogP contribution in [0.5, 0.6) is 0 Å². The second kappa shape index (κ2) is 8.41. The van der Waals surface area contributed by atoms with E-state index in [4.69, 9.17) is 22.2 Å². The van der Waals surface area contributed by atoms with Crippen LogP contribution in [0.4, 0.5) is 5.69 Å². The van der Waals surface area contributed by atoms with Gasteiger partial charge in [-0.15, -0.1) is 0 Å². The van der Waals surface area contributed by atoms with E-state index < -0.39 is 17.4 Å². The molecular weight excluding hydrogens is 382 g/mol. The molecule has 0 radical (unpaired) electrons. The van der Waals surface area contributed by atoms with Crippen LogP contribution in [0.25, 0.3) is 0 Å². The minimum absolute atomic E-state index is 0.0856. The summed E-state index contributed by atoms with van der Waals surface area (Å²) in [6.07, 6.45) is 1.43. The van der Waals surface area contributed by atoms with E-state index in [1.54, 1.807) is 24.3 Å². The van der Waals surface area contributed by atoms with Crippen molar-refractivity contribution < 1.29 is 14.4 Å². The topological polar surface area (TPSA) is 103 Å². The zero-order valence-corrected chi connectivity index (χ0v) is 15.3. The molecule has 0 bridgehead atoms. The molecule has 0 fully saturated rings. The molecule has 3 N–H and O–H groups in total. The Bertz CT molecular complexity index is 1060. The van der Waals surface area contributed by atoms with Crippen LogP contribution in [0.2, 0.25) is 5.02 Å². The quantitative estimate of drug-likeness (QED) is 0.666. The number of carbonyl (C=O) groups is 2. The standard InChI is InChI=1S/C20H16ClN3O4/c21-15-7-3-13(4-8-15)12-28-24-11-1-2-17(20(24)27)19(26)23-16-9-5-14(6-10-16)18(22)25/h1-11H,12H2,(H2,22,25)(H,23,26). The molecule has 0 aliphatic carbocycles.